The maximum absolute atomic E-state index is 11.8. The zero-order chi connectivity index (χ0) is 12.7. The Balaban J connectivity index is 2.13. The first-order chi connectivity index (χ1) is 8.09. The molecule has 0 spiro atoms. The van der Waals surface area contributed by atoms with Crippen LogP contribution in [0.1, 0.15) is 39.5 Å². The number of hydrogen-bond acceptors (Lipinski definition) is 2. The maximum atomic E-state index is 11.8. The van der Waals surface area contributed by atoms with Crippen molar-refractivity contribution in [3.8, 4) is 0 Å². The molecule has 0 unspecified atom stereocenters. The highest BCUT2D eigenvalue weighted by Gasteiger charge is 2.15. The fourth-order valence-electron chi connectivity index (χ4n) is 1.90. The van der Waals surface area contributed by atoms with Gasteiger partial charge in [0.15, 0.2) is 5.11 Å². The van der Waals surface area contributed by atoms with Gasteiger partial charge in [-0.2, -0.15) is 0 Å². The molecule has 1 amide bonds. The van der Waals surface area contributed by atoms with E-state index in [1.54, 1.807) is 0 Å². The first-order valence-corrected chi connectivity index (χ1v) is 6.82. The van der Waals surface area contributed by atoms with Crippen LogP contribution >= 0.6 is 12.2 Å². The summed E-state index contributed by atoms with van der Waals surface area (Å²) in [5.74, 6) is 0.240. The minimum absolute atomic E-state index is 0.240. The number of carbonyl (C=O) groups is 1. The summed E-state index contributed by atoms with van der Waals surface area (Å²) in [4.78, 5) is 13.8. The van der Waals surface area contributed by atoms with Crippen LogP contribution < -0.4 is 10.6 Å². The summed E-state index contributed by atoms with van der Waals surface area (Å²) in [6.45, 7) is 6.54. The molecule has 1 fully saturated rings. The molecule has 5 heteroatoms. The average Bonchev–Trinajstić information content (AvgIpc) is 2.29. The van der Waals surface area contributed by atoms with E-state index in [1.165, 1.54) is 6.42 Å². The second-order valence-electron chi connectivity index (χ2n) is 4.75. The van der Waals surface area contributed by atoms with Gasteiger partial charge in [0.25, 0.3) is 0 Å². The van der Waals surface area contributed by atoms with E-state index < -0.39 is 0 Å². The number of hydrogen-bond donors (Lipinski definition) is 2. The van der Waals surface area contributed by atoms with Crippen molar-refractivity contribution < 1.29 is 4.79 Å². The Morgan fingerprint density at radius 1 is 1.29 bits per heavy atom. The van der Waals surface area contributed by atoms with E-state index >= 15 is 0 Å². The molecule has 0 aliphatic carbocycles. The van der Waals surface area contributed by atoms with Crippen LogP contribution in [0, 0.1) is 0 Å². The lowest BCUT2D eigenvalue weighted by atomic mass is 10.1. The van der Waals surface area contributed by atoms with Crippen molar-refractivity contribution in [1.29, 1.82) is 0 Å². The molecule has 0 saturated carbocycles. The van der Waals surface area contributed by atoms with Crippen molar-refractivity contribution in [3.63, 3.8) is 0 Å². The summed E-state index contributed by atoms with van der Waals surface area (Å²) in [6.07, 6.45) is 4.07. The predicted molar refractivity (Wildman–Crippen MR) is 73.9 cm³/mol. The molecule has 2 N–H and O–H groups in total. The Labute approximate surface area is 109 Å². The molecule has 4 nitrogen and oxygen atoms in total. The number of rotatable bonds is 4. The Morgan fingerprint density at radius 2 is 1.94 bits per heavy atom. The Kier molecular flexibility index (Phi) is 6.26. The van der Waals surface area contributed by atoms with E-state index in [0.29, 0.717) is 24.1 Å². The number of nitrogens with zero attached hydrogens (tertiary/aromatic N) is 1. The lowest BCUT2D eigenvalue weighted by molar-refractivity contribution is -0.131. The summed E-state index contributed by atoms with van der Waals surface area (Å²) < 4.78 is 0. The monoisotopic (exact) mass is 257 g/mol. The minimum Gasteiger partial charge on any atom is -0.362 e. The van der Waals surface area contributed by atoms with Crippen molar-refractivity contribution in [2.75, 3.05) is 19.6 Å². The minimum atomic E-state index is 0.240. The topological polar surface area (TPSA) is 44.4 Å². The van der Waals surface area contributed by atoms with E-state index in [2.05, 4.69) is 10.6 Å². The average molecular weight is 257 g/mol. The first-order valence-electron chi connectivity index (χ1n) is 6.41. The second-order valence-corrected chi connectivity index (χ2v) is 5.15. The highest BCUT2D eigenvalue weighted by atomic mass is 32.1. The quantitative estimate of drug-likeness (QED) is 0.744. The van der Waals surface area contributed by atoms with Gasteiger partial charge in [-0.3, -0.25) is 4.79 Å². The molecule has 0 aromatic carbocycles. The number of piperidine rings is 1. The summed E-state index contributed by atoms with van der Waals surface area (Å²) in [7, 11) is 0. The van der Waals surface area contributed by atoms with Crippen LogP contribution in [0.4, 0.5) is 0 Å². The van der Waals surface area contributed by atoms with Crippen molar-refractivity contribution in [1.82, 2.24) is 15.5 Å². The molecule has 1 rings (SSSR count). The third-order valence-electron chi connectivity index (χ3n) is 2.75. The van der Waals surface area contributed by atoms with E-state index in [1.807, 2.05) is 18.7 Å². The highest BCUT2D eigenvalue weighted by molar-refractivity contribution is 7.80. The molecule has 0 atom stereocenters. The van der Waals surface area contributed by atoms with Gasteiger partial charge >= 0.3 is 0 Å². The highest BCUT2D eigenvalue weighted by Crippen LogP contribution is 2.09. The third-order valence-corrected chi connectivity index (χ3v) is 3.02. The van der Waals surface area contributed by atoms with Gasteiger partial charge in [0, 0.05) is 32.1 Å². The SMILES string of the molecule is CC(C)NC(=S)NCCC(=O)N1CCCCC1. The van der Waals surface area contributed by atoms with Crippen LogP contribution in [0.5, 0.6) is 0 Å². The maximum Gasteiger partial charge on any atom is 0.224 e. The lowest BCUT2D eigenvalue weighted by Crippen LogP contribution is -2.42. The van der Waals surface area contributed by atoms with Crippen LogP contribution in [0.3, 0.4) is 0 Å². The predicted octanol–water partition coefficient (Wildman–Crippen LogP) is 1.26. The molecule has 0 bridgehead atoms. The van der Waals surface area contributed by atoms with Gasteiger partial charge in [-0.1, -0.05) is 0 Å². The molecule has 0 radical (unpaired) electrons. The van der Waals surface area contributed by atoms with E-state index in [4.69, 9.17) is 12.2 Å². The molecule has 1 aliphatic rings. The van der Waals surface area contributed by atoms with Gasteiger partial charge in [-0.05, 0) is 45.3 Å². The van der Waals surface area contributed by atoms with E-state index in [-0.39, 0.29) is 5.91 Å². The molecule has 1 aliphatic heterocycles. The molecule has 1 saturated heterocycles. The number of likely N-dealkylation sites (tertiary alicyclic amines) is 1. The Bertz CT molecular complexity index is 262. The standard InChI is InChI=1S/C12H23N3OS/c1-10(2)14-12(17)13-7-6-11(16)15-8-4-3-5-9-15/h10H,3-9H2,1-2H3,(H2,13,14,17). The zero-order valence-electron chi connectivity index (χ0n) is 10.8. The largest absolute Gasteiger partial charge is 0.362 e. The molecule has 1 heterocycles. The van der Waals surface area contributed by atoms with E-state index in [0.717, 1.165) is 25.9 Å². The second kappa shape index (κ2) is 7.48. The van der Waals surface area contributed by atoms with Crippen LogP contribution in [0.15, 0.2) is 0 Å². The summed E-state index contributed by atoms with van der Waals surface area (Å²) in [5, 5.41) is 6.78. The Morgan fingerprint density at radius 3 is 2.53 bits per heavy atom. The van der Waals surface area contributed by atoms with Crippen LogP contribution in [0.25, 0.3) is 0 Å². The lowest BCUT2D eigenvalue weighted by Gasteiger charge is -2.26. The molecule has 98 valence electrons. The van der Waals surface area contributed by atoms with E-state index in [9.17, 15) is 4.79 Å². The van der Waals surface area contributed by atoms with Gasteiger partial charge in [-0.25, -0.2) is 0 Å². The number of nitrogens with one attached hydrogen (secondary N) is 2. The van der Waals surface area contributed by atoms with Crippen molar-refractivity contribution in [2.24, 2.45) is 0 Å². The van der Waals surface area contributed by atoms with Gasteiger partial charge < -0.3 is 15.5 Å². The van der Waals surface area contributed by atoms with Crippen molar-refractivity contribution in [3.05, 3.63) is 0 Å². The molecular weight excluding hydrogens is 234 g/mol. The van der Waals surface area contributed by atoms with Gasteiger partial charge in [-0.15, -0.1) is 0 Å². The molecule has 0 aromatic heterocycles. The van der Waals surface area contributed by atoms with Crippen LogP contribution in [-0.2, 0) is 4.79 Å². The molecular formula is C12H23N3OS. The van der Waals surface area contributed by atoms with Gasteiger partial charge in [0.1, 0.15) is 0 Å². The number of carbonyl (C=O) groups excluding carboxylic acids is 1. The smallest absolute Gasteiger partial charge is 0.224 e. The summed E-state index contributed by atoms with van der Waals surface area (Å²) >= 11 is 5.09. The fraction of sp³-hybridized carbons (Fsp3) is 0.833. The third kappa shape index (κ3) is 5.86. The van der Waals surface area contributed by atoms with Crippen LogP contribution in [0.2, 0.25) is 0 Å². The van der Waals surface area contributed by atoms with Crippen LogP contribution in [-0.4, -0.2) is 41.6 Å². The van der Waals surface area contributed by atoms with Gasteiger partial charge in [0.2, 0.25) is 5.91 Å². The molecule has 0 aromatic rings. The van der Waals surface area contributed by atoms with Crippen molar-refractivity contribution >= 4 is 23.2 Å². The normalized spacial score (nSPS) is 15.8. The summed E-state index contributed by atoms with van der Waals surface area (Å²) in [5.41, 5.74) is 0. The Hall–Kier alpha value is -0.840. The zero-order valence-corrected chi connectivity index (χ0v) is 11.6. The fourth-order valence-corrected chi connectivity index (χ4v) is 2.24. The van der Waals surface area contributed by atoms with Crippen molar-refractivity contribution in [2.45, 2.75) is 45.6 Å². The number of thiocarbonyl (C=S) groups is 1. The molecule has 17 heavy (non-hydrogen) atoms. The van der Waals surface area contributed by atoms with Gasteiger partial charge in [0.05, 0.1) is 0 Å². The first kappa shape index (κ1) is 14.2. The number of amides is 1. The summed E-state index contributed by atoms with van der Waals surface area (Å²) in [6, 6.07) is 0.327.